The smallest absolute Gasteiger partial charge is 0.223 e. The maximum atomic E-state index is 12.4. The van der Waals surface area contributed by atoms with E-state index in [1.807, 2.05) is 0 Å². The van der Waals surface area contributed by atoms with Crippen LogP contribution in [0.4, 0.5) is 0 Å². The molecule has 3 aliphatic rings. The molecule has 2 unspecified atom stereocenters. The third kappa shape index (κ3) is 2.23. The minimum atomic E-state index is 0.285. The van der Waals surface area contributed by atoms with Gasteiger partial charge in [-0.3, -0.25) is 4.79 Å². The zero-order valence-electron chi connectivity index (χ0n) is 10.5. The minimum absolute atomic E-state index is 0.285. The van der Waals surface area contributed by atoms with Crippen LogP contribution in [0.1, 0.15) is 51.4 Å². The van der Waals surface area contributed by atoms with Gasteiger partial charge in [-0.2, -0.15) is 12.6 Å². The quantitative estimate of drug-likeness (QED) is 0.767. The van der Waals surface area contributed by atoms with Gasteiger partial charge in [0.05, 0.1) is 0 Å². The highest BCUT2D eigenvalue weighted by Gasteiger charge is 2.46. The topological polar surface area (TPSA) is 20.3 Å². The molecule has 3 fully saturated rings. The van der Waals surface area contributed by atoms with Crippen molar-refractivity contribution in [3.8, 4) is 0 Å². The molecule has 0 radical (unpaired) electrons. The Hall–Kier alpha value is -0.180. The lowest BCUT2D eigenvalue weighted by atomic mass is 9.85. The van der Waals surface area contributed by atoms with E-state index in [-0.39, 0.29) is 5.41 Å². The molecular formula is C14H23NOS. The molecule has 0 aromatic rings. The Morgan fingerprint density at radius 3 is 2.71 bits per heavy atom. The second-order valence-corrected chi connectivity index (χ2v) is 6.64. The summed E-state index contributed by atoms with van der Waals surface area (Å²) in [5.41, 5.74) is 0.285. The van der Waals surface area contributed by atoms with E-state index in [1.54, 1.807) is 0 Å². The molecule has 1 saturated heterocycles. The highest BCUT2D eigenvalue weighted by Crippen LogP contribution is 2.50. The van der Waals surface area contributed by atoms with Gasteiger partial charge in [0.25, 0.3) is 0 Å². The largest absolute Gasteiger partial charge is 0.339 e. The summed E-state index contributed by atoms with van der Waals surface area (Å²) in [5.74, 6) is 2.13. The summed E-state index contributed by atoms with van der Waals surface area (Å²) in [7, 11) is 0. The van der Waals surface area contributed by atoms with Crippen LogP contribution in [0.2, 0.25) is 0 Å². The van der Waals surface area contributed by atoms with Gasteiger partial charge in [-0.05, 0) is 49.2 Å². The number of carbonyl (C=O) groups excluding carboxylic acids is 1. The minimum Gasteiger partial charge on any atom is -0.339 e. The van der Waals surface area contributed by atoms with Crippen molar-refractivity contribution in [2.45, 2.75) is 57.4 Å². The van der Waals surface area contributed by atoms with E-state index >= 15 is 0 Å². The fourth-order valence-corrected chi connectivity index (χ4v) is 4.13. The van der Waals surface area contributed by atoms with Gasteiger partial charge >= 0.3 is 0 Å². The Morgan fingerprint density at radius 1 is 1.24 bits per heavy atom. The van der Waals surface area contributed by atoms with Crippen molar-refractivity contribution >= 4 is 18.5 Å². The Balaban J connectivity index is 1.62. The van der Waals surface area contributed by atoms with Gasteiger partial charge in [0.15, 0.2) is 0 Å². The van der Waals surface area contributed by atoms with Crippen molar-refractivity contribution in [2.24, 2.45) is 11.3 Å². The molecule has 2 atom stereocenters. The van der Waals surface area contributed by atoms with E-state index in [1.165, 1.54) is 44.9 Å². The lowest BCUT2D eigenvalue weighted by Gasteiger charge is -2.32. The van der Waals surface area contributed by atoms with Gasteiger partial charge in [-0.1, -0.05) is 12.8 Å². The Labute approximate surface area is 110 Å². The van der Waals surface area contributed by atoms with Crippen molar-refractivity contribution in [2.75, 3.05) is 12.3 Å². The molecule has 1 heterocycles. The van der Waals surface area contributed by atoms with Crippen molar-refractivity contribution < 1.29 is 4.79 Å². The first-order valence-corrected chi connectivity index (χ1v) is 7.78. The first-order chi connectivity index (χ1) is 8.24. The molecule has 2 aliphatic carbocycles. The maximum Gasteiger partial charge on any atom is 0.223 e. The van der Waals surface area contributed by atoms with E-state index in [0.717, 1.165) is 24.6 Å². The summed E-state index contributed by atoms with van der Waals surface area (Å²) in [4.78, 5) is 14.6. The molecule has 1 amide bonds. The molecule has 0 aromatic heterocycles. The van der Waals surface area contributed by atoms with Gasteiger partial charge in [0.1, 0.15) is 0 Å². The molecular weight excluding hydrogens is 230 g/mol. The molecule has 0 bridgehead atoms. The van der Waals surface area contributed by atoms with Crippen molar-refractivity contribution in [3.63, 3.8) is 0 Å². The van der Waals surface area contributed by atoms with Crippen LogP contribution in [0.15, 0.2) is 0 Å². The number of hydrogen-bond acceptors (Lipinski definition) is 2. The van der Waals surface area contributed by atoms with Gasteiger partial charge in [-0.25, -0.2) is 0 Å². The summed E-state index contributed by atoms with van der Waals surface area (Å²) in [6, 6.07) is 0.590. The van der Waals surface area contributed by atoms with Crippen LogP contribution in [0.5, 0.6) is 0 Å². The fourth-order valence-electron chi connectivity index (χ4n) is 3.71. The first-order valence-electron chi connectivity index (χ1n) is 7.14. The van der Waals surface area contributed by atoms with E-state index < -0.39 is 0 Å². The average molecular weight is 253 g/mol. The zero-order chi connectivity index (χ0) is 11.9. The van der Waals surface area contributed by atoms with E-state index in [4.69, 9.17) is 0 Å². The molecule has 3 rings (SSSR count). The van der Waals surface area contributed by atoms with Gasteiger partial charge < -0.3 is 4.90 Å². The molecule has 2 nitrogen and oxygen atoms in total. The Morgan fingerprint density at radius 2 is 2.00 bits per heavy atom. The molecule has 17 heavy (non-hydrogen) atoms. The standard InChI is InChI=1S/C14H23NOS/c16-13(9-14(10-17)6-7-14)15-8-5-11-3-1-2-4-12(11)15/h11-12,17H,1-10H2. The third-order valence-electron chi connectivity index (χ3n) is 5.15. The second kappa shape index (κ2) is 4.49. The maximum absolute atomic E-state index is 12.4. The second-order valence-electron chi connectivity index (χ2n) is 6.32. The van der Waals surface area contributed by atoms with Crippen LogP contribution in [0.3, 0.4) is 0 Å². The van der Waals surface area contributed by atoms with Crippen molar-refractivity contribution in [1.82, 2.24) is 4.90 Å². The molecule has 0 spiro atoms. The summed E-state index contributed by atoms with van der Waals surface area (Å²) in [5, 5.41) is 0. The van der Waals surface area contributed by atoms with E-state index in [0.29, 0.717) is 11.9 Å². The number of amides is 1. The molecule has 1 aliphatic heterocycles. The number of fused-ring (bicyclic) bond motifs is 1. The van der Waals surface area contributed by atoms with Crippen LogP contribution in [-0.2, 0) is 4.79 Å². The van der Waals surface area contributed by atoms with Crippen molar-refractivity contribution in [3.05, 3.63) is 0 Å². The summed E-state index contributed by atoms with van der Waals surface area (Å²) >= 11 is 4.40. The lowest BCUT2D eigenvalue weighted by Crippen LogP contribution is -2.40. The monoisotopic (exact) mass is 253 g/mol. The summed E-state index contributed by atoms with van der Waals surface area (Å²) < 4.78 is 0. The van der Waals surface area contributed by atoms with Crippen molar-refractivity contribution in [1.29, 1.82) is 0 Å². The fraction of sp³-hybridized carbons (Fsp3) is 0.929. The number of likely N-dealkylation sites (tertiary alicyclic amines) is 1. The van der Waals surface area contributed by atoms with Gasteiger partial charge in [0.2, 0.25) is 5.91 Å². The normalized spacial score (nSPS) is 34.5. The number of nitrogens with zero attached hydrogens (tertiary/aromatic N) is 1. The van der Waals surface area contributed by atoms with Crippen LogP contribution >= 0.6 is 12.6 Å². The number of thiol groups is 1. The van der Waals surface area contributed by atoms with Gasteiger partial charge in [0, 0.05) is 19.0 Å². The number of rotatable bonds is 3. The molecule has 0 N–H and O–H groups in total. The highest BCUT2D eigenvalue weighted by molar-refractivity contribution is 7.80. The number of hydrogen-bond donors (Lipinski definition) is 1. The summed E-state index contributed by atoms with van der Waals surface area (Å²) in [6.45, 7) is 1.02. The van der Waals surface area contributed by atoms with Crippen LogP contribution < -0.4 is 0 Å². The molecule has 2 saturated carbocycles. The molecule has 3 heteroatoms. The molecule has 96 valence electrons. The first kappa shape index (κ1) is 11.9. The van der Waals surface area contributed by atoms with Crippen LogP contribution in [-0.4, -0.2) is 29.1 Å². The predicted octanol–water partition coefficient (Wildman–Crippen LogP) is 2.88. The third-order valence-corrected chi connectivity index (χ3v) is 5.82. The zero-order valence-corrected chi connectivity index (χ0v) is 11.4. The van der Waals surface area contributed by atoms with E-state index in [9.17, 15) is 4.79 Å². The highest BCUT2D eigenvalue weighted by atomic mass is 32.1. The molecule has 0 aromatic carbocycles. The Bertz CT molecular complexity index is 313. The van der Waals surface area contributed by atoms with E-state index in [2.05, 4.69) is 17.5 Å². The van der Waals surface area contributed by atoms with Gasteiger partial charge in [-0.15, -0.1) is 0 Å². The summed E-state index contributed by atoms with van der Waals surface area (Å²) in [6.07, 6.45) is 9.75. The lowest BCUT2D eigenvalue weighted by molar-refractivity contribution is -0.133. The predicted molar refractivity (Wildman–Crippen MR) is 72.2 cm³/mol. The van der Waals surface area contributed by atoms with Crippen LogP contribution in [0.25, 0.3) is 0 Å². The number of carbonyl (C=O) groups is 1. The van der Waals surface area contributed by atoms with Crippen LogP contribution in [0, 0.1) is 11.3 Å². The average Bonchev–Trinajstić information content (AvgIpc) is 2.99. The Kier molecular flexibility index (Phi) is 3.14. The SMILES string of the molecule is O=C(CC1(CS)CC1)N1CCC2CCCCC21.